The Kier molecular flexibility index (Phi) is 57.1. The van der Waals surface area contributed by atoms with Gasteiger partial charge in [0.1, 0.15) is 19.3 Å². The summed E-state index contributed by atoms with van der Waals surface area (Å²) in [6, 6.07) is 0. The Hall–Kier alpha value is -1.94. The van der Waals surface area contributed by atoms with Gasteiger partial charge in [0, 0.05) is 25.7 Å². The molecule has 5 atom stereocenters. The van der Waals surface area contributed by atoms with E-state index in [-0.39, 0.29) is 25.7 Å². The number of ether oxygens (including phenoxy) is 4. The van der Waals surface area contributed by atoms with Crippen molar-refractivity contribution in [1.82, 2.24) is 0 Å². The quantitative estimate of drug-likeness (QED) is 0.0222. The molecule has 19 heteroatoms. The van der Waals surface area contributed by atoms with Crippen LogP contribution in [-0.4, -0.2) is 96.7 Å². The first-order chi connectivity index (χ1) is 40.9. The first-order valence-corrected chi connectivity index (χ1v) is 37.5. The van der Waals surface area contributed by atoms with Crippen molar-refractivity contribution in [3.63, 3.8) is 0 Å². The summed E-state index contributed by atoms with van der Waals surface area (Å²) in [6.07, 6.45) is 41.7. The monoisotopic (exact) mass is 1250 g/mol. The summed E-state index contributed by atoms with van der Waals surface area (Å²) in [5.74, 6) is -0.662. The average Bonchev–Trinajstić information content (AvgIpc) is 3.51. The van der Waals surface area contributed by atoms with Crippen molar-refractivity contribution >= 4 is 39.5 Å². The molecule has 0 aromatic heterocycles. The highest BCUT2D eigenvalue weighted by atomic mass is 31.2. The summed E-state index contributed by atoms with van der Waals surface area (Å²) in [7, 11) is -9.89. The van der Waals surface area contributed by atoms with Gasteiger partial charge < -0.3 is 33.8 Å². The maximum absolute atomic E-state index is 13.0. The fourth-order valence-electron chi connectivity index (χ4n) is 9.88. The van der Waals surface area contributed by atoms with E-state index in [1.54, 1.807) is 0 Å². The van der Waals surface area contributed by atoms with Gasteiger partial charge in [0.25, 0.3) is 0 Å². The maximum Gasteiger partial charge on any atom is 0.472 e. The normalized spacial score (nSPS) is 14.2. The van der Waals surface area contributed by atoms with Crippen molar-refractivity contribution in [1.29, 1.82) is 0 Å². The van der Waals surface area contributed by atoms with Gasteiger partial charge in [-0.1, -0.05) is 279 Å². The Morgan fingerprint density at radius 3 is 0.800 bits per heavy atom. The number of aliphatic hydroxyl groups is 1. The molecule has 0 aromatic carbocycles. The average molecular weight is 1260 g/mol. The third-order valence-electron chi connectivity index (χ3n) is 15.2. The molecule has 0 spiro atoms. The SMILES string of the molecule is CCCCCCCCCCCCCCCC(=O)OC[C@H](COP(=O)(O)OC[C@@H](O)COP(=O)(O)OC[C@@H](COC(=O)CCCCCCCCCC)OC(=O)CCCCCCCCCCC(C)C)OC(=O)CCCCCCCCCCCCC(C)C. The van der Waals surface area contributed by atoms with Crippen LogP contribution in [0.15, 0.2) is 0 Å². The van der Waals surface area contributed by atoms with Crippen LogP contribution < -0.4 is 0 Å². The second kappa shape index (κ2) is 58.4. The molecule has 85 heavy (non-hydrogen) atoms. The van der Waals surface area contributed by atoms with E-state index in [2.05, 4.69) is 41.5 Å². The predicted octanol–water partition coefficient (Wildman–Crippen LogP) is 18.4. The van der Waals surface area contributed by atoms with Crippen molar-refractivity contribution in [2.24, 2.45) is 11.8 Å². The lowest BCUT2D eigenvalue weighted by Crippen LogP contribution is -2.30. The summed E-state index contributed by atoms with van der Waals surface area (Å²) < 4.78 is 68.0. The second-order valence-corrected chi connectivity index (χ2v) is 27.7. The molecule has 0 saturated carbocycles. The number of carbonyl (C=O) groups excluding carboxylic acids is 4. The van der Waals surface area contributed by atoms with E-state index in [1.165, 1.54) is 141 Å². The Morgan fingerprint density at radius 1 is 0.318 bits per heavy atom. The topological polar surface area (TPSA) is 237 Å². The second-order valence-electron chi connectivity index (χ2n) is 24.8. The number of aliphatic hydroxyl groups excluding tert-OH is 1. The fraction of sp³-hybridized carbons (Fsp3) is 0.939. The van der Waals surface area contributed by atoms with Crippen LogP contribution in [0.25, 0.3) is 0 Å². The standard InChI is InChI=1S/C66H128O17P2/c1-7-9-11-13-15-17-18-19-20-24-31-37-43-49-64(69)77-55-62(82-65(70)50-44-38-32-25-22-21-23-28-34-40-46-58(3)4)57-81-85(74,75)79-53-60(67)52-78-84(72,73)80-56-61(54-76-63(68)48-42-36-30-16-14-12-10-8-2)83-66(71)51-45-39-33-27-26-29-35-41-47-59(5)6/h58-62,67H,7-57H2,1-6H3,(H,72,73)(H,74,75)/t60-,61+,62+/m0/s1. The van der Waals surface area contributed by atoms with Gasteiger partial charge in [-0.05, 0) is 37.5 Å². The van der Waals surface area contributed by atoms with Gasteiger partial charge in [-0.2, -0.15) is 0 Å². The molecule has 0 radical (unpaired) electrons. The third-order valence-corrected chi connectivity index (χ3v) is 17.1. The van der Waals surface area contributed by atoms with E-state index in [0.717, 1.165) is 108 Å². The van der Waals surface area contributed by atoms with Gasteiger partial charge in [0.2, 0.25) is 0 Å². The van der Waals surface area contributed by atoms with E-state index >= 15 is 0 Å². The zero-order valence-corrected chi connectivity index (χ0v) is 56.7. The van der Waals surface area contributed by atoms with Crippen molar-refractivity contribution < 1.29 is 80.2 Å². The Balaban J connectivity index is 5.23. The molecule has 2 unspecified atom stereocenters. The number of hydrogen-bond acceptors (Lipinski definition) is 15. The van der Waals surface area contributed by atoms with Crippen LogP contribution in [0.3, 0.4) is 0 Å². The number of unbranched alkanes of at least 4 members (excludes halogenated alkanes) is 35. The van der Waals surface area contributed by atoms with Crippen molar-refractivity contribution in [3.8, 4) is 0 Å². The number of phosphoric acid groups is 2. The zero-order chi connectivity index (χ0) is 62.9. The smallest absolute Gasteiger partial charge is 0.462 e. The number of carbonyl (C=O) groups is 4. The maximum atomic E-state index is 13.0. The first kappa shape index (κ1) is 83.1. The Bertz CT molecular complexity index is 1670. The van der Waals surface area contributed by atoms with Crippen LogP contribution >= 0.6 is 15.6 Å². The van der Waals surface area contributed by atoms with Gasteiger partial charge in [-0.25, -0.2) is 9.13 Å². The van der Waals surface area contributed by atoms with Crippen molar-refractivity contribution in [3.05, 3.63) is 0 Å². The first-order valence-electron chi connectivity index (χ1n) is 34.5. The molecule has 0 bridgehead atoms. The fourth-order valence-corrected chi connectivity index (χ4v) is 11.5. The summed E-state index contributed by atoms with van der Waals surface area (Å²) >= 11 is 0. The lowest BCUT2D eigenvalue weighted by molar-refractivity contribution is -0.161. The van der Waals surface area contributed by atoms with Gasteiger partial charge >= 0.3 is 39.5 Å². The summed E-state index contributed by atoms with van der Waals surface area (Å²) in [4.78, 5) is 72.3. The lowest BCUT2D eigenvalue weighted by Gasteiger charge is -2.21. The van der Waals surface area contributed by atoms with Crippen LogP contribution in [-0.2, 0) is 65.4 Å². The molecule has 504 valence electrons. The third kappa shape index (κ3) is 60.7. The molecule has 0 aliphatic rings. The Morgan fingerprint density at radius 2 is 0.541 bits per heavy atom. The van der Waals surface area contributed by atoms with Crippen LogP contribution in [0.1, 0.15) is 330 Å². The molecule has 17 nitrogen and oxygen atoms in total. The van der Waals surface area contributed by atoms with Crippen LogP contribution in [0.4, 0.5) is 0 Å². The molecule has 0 aromatic rings. The van der Waals surface area contributed by atoms with E-state index < -0.39 is 97.5 Å². The predicted molar refractivity (Wildman–Crippen MR) is 340 cm³/mol. The highest BCUT2D eigenvalue weighted by Crippen LogP contribution is 2.45. The molecule has 3 N–H and O–H groups in total. The summed E-state index contributed by atoms with van der Waals surface area (Å²) in [5, 5.41) is 10.5. The molecule has 0 rings (SSSR count). The lowest BCUT2D eigenvalue weighted by atomic mass is 10.0. The van der Waals surface area contributed by atoms with E-state index in [0.29, 0.717) is 25.7 Å². The number of esters is 4. The number of hydrogen-bond donors (Lipinski definition) is 3. The molecular formula is C66H128O17P2. The van der Waals surface area contributed by atoms with Crippen LogP contribution in [0.2, 0.25) is 0 Å². The highest BCUT2D eigenvalue weighted by Gasteiger charge is 2.30. The molecule has 0 fully saturated rings. The summed E-state index contributed by atoms with van der Waals surface area (Å²) in [5.41, 5.74) is 0. The zero-order valence-electron chi connectivity index (χ0n) is 54.9. The minimum atomic E-state index is -4.95. The van der Waals surface area contributed by atoms with E-state index in [4.69, 9.17) is 37.0 Å². The van der Waals surface area contributed by atoms with E-state index in [1.807, 2.05) is 0 Å². The molecule has 0 aliphatic heterocycles. The minimum absolute atomic E-state index is 0.104. The molecule has 0 aliphatic carbocycles. The minimum Gasteiger partial charge on any atom is -0.462 e. The number of rotatable bonds is 65. The largest absolute Gasteiger partial charge is 0.472 e. The molecule has 0 heterocycles. The highest BCUT2D eigenvalue weighted by molar-refractivity contribution is 7.47. The Labute approximate surface area is 517 Å². The van der Waals surface area contributed by atoms with Crippen molar-refractivity contribution in [2.45, 2.75) is 349 Å². The number of phosphoric ester groups is 2. The van der Waals surface area contributed by atoms with Crippen LogP contribution in [0, 0.1) is 11.8 Å². The van der Waals surface area contributed by atoms with Crippen molar-refractivity contribution in [2.75, 3.05) is 39.6 Å². The van der Waals surface area contributed by atoms with Gasteiger partial charge in [0.15, 0.2) is 12.2 Å². The van der Waals surface area contributed by atoms with E-state index in [9.17, 15) is 43.2 Å². The van der Waals surface area contributed by atoms with Gasteiger partial charge in [-0.15, -0.1) is 0 Å². The summed E-state index contributed by atoms with van der Waals surface area (Å²) in [6.45, 7) is 9.44. The van der Waals surface area contributed by atoms with Crippen LogP contribution in [0.5, 0.6) is 0 Å². The molecule has 0 saturated heterocycles. The molecule has 0 amide bonds. The van der Waals surface area contributed by atoms with Gasteiger partial charge in [-0.3, -0.25) is 37.3 Å². The molecular weight excluding hydrogens is 1130 g/mol. The van der Waals surface area contributed by atoms with Gasteiger partial charge in [0.05, 0.1) is 26.4 Å².